The van der Waals surface area contributed by atoms with Gasteiger partial charge in [-0.3, -0.25) is 4.79 Å². The predicted octanol–water partition coefficient (Wildman–Crippen LogP) is 0.925. The second-order valence-electron chi connectivity index (χ2n) is 4.92. The average Bonchev–Trinajstić information content (AvgIpc) is 2.96. The van der Waals surface area contributed by atoms with E-state index in [1.165, 1.54) is 25.7 Å². The van der Waals surface area contributed by atoms with Crippen molar-refractivity contribution in [1.82, 2.24) is 5.32 Å². The number of hydrogen-bond acceptors (Lipinski definition) is 3. The van der Waals surface area contributed by atoms with Crippen molar-refractivity contribution >= 4 is 11.9 Å². The summed E-state index contributed by atoms with van der Waals surface area (Å²) < 4.78 is 5.19. The molecule has 5 heteroatoms. The Labute approximate surface area is 101 Å². The zero-order chi connectivity index (χ0) is 12.3. The molecule has 2 atom stereocenters. The van der Waals surface area contributed by atoms with Crippen LogP contribution in [-0.4, -0.2) is 35.7 Å². The summed E-state index contributed by atoms with van der Waals surface area (Å²) in [5, 5.41) is 11.6. The van der Waals surface area contributed by atoms with Gasteiger partial charge in [-0.15, -0.1) is 0 Å². The fourth-order valence-corrected chi connectivity index (χ4v) is 2.58. The highest BCUT2D eigenvalue weighted by Crippen LogP contribution is 2.24. The van der Waals surface area contributed by atoms with Gasteiger partial charge in [0.25, 0.3) is 0 Å². The SMILES string of the molecule is O=C(NCC1CCCC1)[C@@H]1CC[C@H](C(=O)O)O1. The average molecular weight is 241 g/mol. The van der Waals surface area contributed by atoms with Crippen molar-refractivity contribution in [3.63, 3.8) is 0 Å². The maximum atomic E-state index is 11.7. The third-order valence-corrected chi connectivity index (χ3v) is 3.63. The lowest BCUT2D eigenvalue weighted by atomic mass is 10.1. The molecule has 1 heterocycles. The van der Waals surface area contributed by atoms with Crippen LogP contribution in [0, 0.1) is 5.92 Å². The zero-order valence-electron chi connectivity index (χ0n) is 9.85. The zero-order valence-corrected chi connectivity index (χ0v) is 9.85. The first kappa shape index (κ1) is 12.4. The molecule has 0 aromatic carbocycles. The second kappa shape index (κ2) is 5.49. The molecule has 1 aliphatic carbocycles. The van der Waals surface area contributed by atoms with Gasteiger partial charge in [0, 0.05) is 6.54 Å². The number of nitrogens with one attached hydrogen (secondary N) is 1. The lowest BCUT2D eigenvalue weighted by Crippen LogP contribution is -2.37. The molecule has 0 aromatic rings. The molecule has 0 radical (unpaired) electrons. The molecule has 0 bridgehead atoms. The van der Waals surface area contributed by atoms with Crippen LogP contribution in [0.5, 0.6) is 0 Å². The van der Waals surface area contributed by atoms with Gasteiger partial charge in [-0.25, -0.2) is 4.79 Å². The van der Waals surface area contributed by atoms with E-state index in [9.17, 15) is 9.59 Å². The van der Waals surface area contributed by atoms with Crippen molar-refractivity contribution in [3.8, 4) is 0 Å². The minimum absolute atomic E-state index is 0.152. The van der Waals surface area contributed by atoms with E-state index in [1.54, 1.807) is 0 Å². The van der Waals surface area contributed by atoms with E-state index in [2.05, 4.69) is 5.32 Å². The van der Waals surface area contributed by atoms with Crippen LogP contribution < -0.4 is 5.32 Å². The number of carboxylic acids is 1. The maximum absolute atomic E-state index is 11.7. The number of amides is 1. The van der Waals surface area contributed by atoms with E-state index in [-0.39, 0.29) is 5.91 Å². The summed E-state index contributed by atoms with van der Waals surface area (Å²) in [5.41, 5.74) is 0. The largest absolute Gasteiger partial charge is 0.479 e. The van der Waals surface area contributed by atoms with E-state index in [0.717, 1.165) is 0 Å². The highest BCUT2D eigenvalue weighted by Gasteiger charge is 2.34. The molecular formula is C12H19NO4. The van der Waals surface area contributed by atoms with Gasteiger partial charge in [0.2, 0.25) is 5.91 Å². The fraction of sp³-hybridized carbons (Fsp3) is 0.833. The van der Waals surface area contributed by atoms with Gasteiger partial charge in [0.05, 0.1) is 0 Å². The molecule has 2 fully saturated rings. The highest BCUT2D eigenvalue weighted by molar-refractivity contribution is 5.82. The van der Waals surface area contributed by atoms with E-state index in [4.69, 9.17) is 9.84 Å². The molecule has 1 saturated carbocycles. The number of carboxylic acid groups (broad SMARTS) is 1. The number of carbonyl (C=O) groups is 2. The summed E-state index contributed by atoms with van der Waals surface area (Å²) in [4.78, 5) is 22.4. The van der Waals surface area contributed by atoms with Crippen molar-refractivity contribution in [2.75, 3.05) is 6.54 Å². The van der Waals surface area contributed by atoms with Crippen LogP contribution in [0.2, 0.25) is 0 Å². The summed E-state index contributed by atoms with van der Waals surface area (Å²) in [7, 11) is 0. The van der Waals surface area contributed by atoms with Crippen LogP contribution in [0.1, 0.15) is 38.5 Å². The summed E-state index contributed by atoms with van der Waals surface area (Å²) in [6.45, 7) is 0.705. The van der Waals surface area contributed by atoms with Crippen molar-refractivity contribution in [2.45, 2.75) is 50.7 Å². The molecule has 17 heavy (non-hydrogen) atoms. The summed E-state index contributed by atoms with van der Waals surface area (Å²) >= 11 is 0. The number of rotatable bonds is 4. The molecule has 96 valence electrons. The van der Waals surface area contributed by atoms with Crippen LogP contribution in [0.3, 0.4) is 0 Å². The quantitative estimate of drug-likeness (QED) is 0.767. The predicted molar refractivity (Wildman–Crippen MR) is 60.5 cm³/mol. The molecule has 1 saturated heterocycles. The van der Waals surface area contributed by atoms with Gasteiger partial charge < -0.3 is 15.2 Å². The molecule has 5 nitrogen and oxygen atoms in total. The molecule has 1 aliphatic heterocycles. The number of aliphatic carboxylic acids is 1. The molecule has 0 aromatic heterocycles. The topological polar surface area (TPSA) is 75.6 Å². The summed E-state index contributed by atoms with van der Waals surface area (Å²) in [6.07, 6.45) is 4.43. The van der Waals surface area contributed by atoms with E-state index in [0.29, 0.717) is 25.3 Å². The maximum Gasteiger partial charge on any atom is 0.332 e. The van der Waals surface area contributed by atoms with Crippen LogP contribution >= 0.6 is 0 Å². The lowest BCUT2D eigenvalue weighted by molar-refractivity contribution is -0.151. The fourth-order valence-electron chi connectivity index (χ4n) is 2.58. The van der Waals surface area contributed by atoms with E-state index >= 15 is 0 Å². The minimum Gasteiger partial charge on any atom is -0.479 e. The minimum atomic E-state index is -0.976. The molecule has 2 rings (SSSR count). The van der Waals surface area contributed by atoms with E-state index < -0.39 is 18.2 Å². The smallest absolute Gasteiger partial charge is 0.332 e. The Balaban J connectivity index is 1.71. The monoisotopic (exact) mass is 241 g/mol. The first-order valence-corrected chi connectivity index (χ1v) is 6.33. The lowest BCUT2D eigenvalue weighted by Gasteiger charge is -2.14. The van der Waals surface area contributed by atoms with Crippen LogP contribution in [0.4, 0.5) is 0 Å². The third-order valence-electron chi connectivity index (χ3n) is 3.63. The van der Waals surface area contributed by atoms with Gasteiger partial charge in [0.15, 0.2) is 6.10 Å². The third kappa shape index (κ3) is 3.19. The summed E-state index contributed by atoms with van der Waals surface area (Å²) in [6, 6.07) is 0. The Morgan fingerprint density at radius 2 is 1.76 bits per heavy atom. The first-order chi connectivity index (χ1) is 8.16. The molecule has 2 aliphatic rings. The van der Waals surface area contributed by atoms with Gasteiger partial charge in [-0.1, -0.05) is 12.8 Å². The van der Waals surface area contributed by atoms with Gasteiger partial charge >= 0.3 is 5.97 Å². The Bertz CT molecular complexity index is 299. The number of hydrogen-bond donors (Lipinski definition) is 2. The Hall–Kier alpha value is -1.10. The standard InChI is InChI=1S/C12H19NO4/c14-11(13-7-8-3-1-2-4-8)9-5-6-10(17-9)12(15)16/h8-10H,1-7H2,(H,13,14)(H,15,16)/t9-,10+/m0/s1. The highest BCUT2D eigenvalue weighted by atomic mass is 16.5. The van der Waals surface area contributed by atoms with Crippen molar-refractivity contribution in [1.29, 1.82) is 0 Å². The molecular weight excluding hydrogens is 222 g/mol. The van der Waals surface area contributed by atoms with Gasteiger partial charge in [-0.05, 0) is 31.6 Å². The Kier molecular flexibility index (Phi) is 3.99. The van der Waals surface area contributed by atoms with Crippen LogP contribution in [0.25, 0.3) is 0 Å². The Morgan fingerprint density at radius 3 is 2.35 bits per heavy atom. The second-order valence-corrected chi connectivity index (χ2v) is 4.92. The molecule has 0 spiro atoms. The molecule has 1 amide bonds. The number of carbonyl (C=O) groups excluding carboxylic acids is 1. The van der Waals surface area contributed by atoms with Crippen LogP contribution in [-0.2, 0) is 14.3 Å². The van der Waals surface area contributed by atoms with Gasteiger partial charge in [-0.2, -0.15) is 0 Å². The van der Waals surface area contributed by atoms with E-state index in [1.807, 2.05) is 0 Å². The summed E-state index contributed by atoms with van der Waals surface area (Å²) in [5.74, 6) is -0.535. The van der Waals surface area contributed by atoms with Crippen LogP contribution in [0.15, 0.2) is 0 Å². The van der Waals surface area contributed by atoms with Crippen molar-refractivity contribution in [2.24, 2.45) is 5.92 Å². The Morgan fingerprint density at radius 1 is 1.12 bits per heavy atom. The normalized spacial score (nSPS) is 29.4. The first-order valence-electron chi connectivity index (χ1n) is 6.33. The molecule has 2 N–H and O–H groups in total. The van der Waals surface area contributed by atoms with Crippen molar-refractivity contribution < 1.29 is 19.4 Å². The molecule has 0 unspecified atom stereocenters. The van der Waals surface area contributed by atoms with Gasteiger partial charge in [0.1, 0.15) is 6.10 Å². The van der Waals surface area contributed by atoms with Crippen molar-refractivity contribution in [3.05, 3.63) is 0 Å². The number of ether oxygens (including phenoxy) is 1.